The normalized spacial score (nSPS) is 23.8. The number of sulfonamides is 1. The first kappa shape index (κ1) is 46.7. The Kier molecular flexibility index (Phi) is 12.2. The Morgan fingerprint density at radius 3 is 2.51 bits per heavy atom. The standard InChI is InChI=1S/C51H60FN7O9S/c1-30(2)35-8-5-6-9-36(35)41-10-7-19-58(41)33-26-51(27-33)17-20-57(21-18-51)32-11-12-37(43(22-32)68-45-25-38-39(52)28-53-47(38)55-49(45)66-4)48(60)56-69(64,65)34-23-42(59(62)63)46-44(24-34)67-29-40(54-46)31-13-15-50(3,61)16-14-31/h5-6,8-9,11-12,22-25,28,30-31,33,40-41,54,61H,7,10,13-21,26-27,29H2,1-4H3,(H,53,55)(H,56,60)/t31?,40-,41+,50?/m1/s1. The number of hydrogen-bond donors (Lipinski definition) is 4. The summed E-state index contributed by atoms with van der Waals surface area (Å²) in [5.74, 6) is -1.20. The fraction of sp³-hybridized carbons (Fsp3) is 0.490. The van der Waals surface area contributed by atoms with Crippen LogP contribution in [0.25, 0.3) is 11.0 Å². The quantitative estimate of drug-likeness (QED) is 0.0681. The van der Waals surface area contributed by atoms with E-state index in [0.29, 0.717) is 43.7 Å². The number of aromatic amines is 1. The molecule has 4 fully saturated rings. The summed E-state index contributed by atoms with van der Waals surface area (Å²) in [4.78, 5) is 37.5. The molecule has 2 aliphatic carbocycles. The van der Waals surface area contributed by atoms with Crippen molar-refractivity contribution < 1.29 is 41.8 Å². The molecule has 10 rings (SSSR count). The lowest BCUT2D eigenvalue weighted by Gasteiger charge is -2.56. The van der Waals surface area contributed by atoms with Gasteiger partial charge in [-0.15, -0.1) is 0 Å². The van der Waals surface area contributed by atoms with Crippen molar-refractivity contribution in [3.05, 3.63) is 99.5 Å². The van der Waals surface area contributed by atoms with Gasteiger partial charge in [-0.05, 0) is 118 Å². The van der Waals surface area contributed by atoms with E-state index < -0.39 is 42.9 Å². The van der Waals surface area contributed by atoms with Crippen molar-refractivity contribution in [1.82, 2.24) is 19.6 Å². The van der Waals surface area contributed by atoms with Crippen LogP contribution in [-0.4, -0.2) is 90.3 Å². The van der Waals surface area contributed by atoms with Crippen LogP contribution in [0.2, 0.25) is 0 Å². The van der Waals surface area contributed by atoms with Crippen LogP contribution in [0.15, 0.2) is 71.8 Å². The number of anilines is 2. The Morgan fingerprint density at radius 1 is 1.03 bits per heavy atom. The molecular formula is C51H60FN7O9S. The second kappa shape index (κ2) is 18.1. The van der Waals surface area contributed by atoms with Crippen molar-refractivity contribution in [3.63, 3.8) is 0 Å². The van der Waals surface area contributed by atoms with Gasteiger partial charge in [0.15, 0.2) is 17.2 Å². The average molecular weight is 966 g/mol. The number of nitro benzene ring substituents is 1. The smallest absolute Gasteiger partial charge is 0.297 e. The number of H-pyrrole nitrogens is 1. The zero-order valence-corrected chi connectivity index (χ0v) is 40.2. The molecule has 2 atom stereocenters. The SMILES string of the molecule is COc1nc2[nH]cc(F)c2cc1Oc1cc(N2CCC3(CC2)CC(N2CCC[C@H]2c2ccccc2C(C)C)C3)ccc1C(=O)NS(=O)(=O)c1cc2c(c([N+](=O)[O-])c1)N[C@@H](C1CCC(C)(O)CC1)CO2. The largest absolute Gasteiger partial charge is 0.489 e. The second-order valence-electron chi connectivity index (χ2n) is 20.4. The lowest BCUT2D eigenvalue weighted by atomic mass is 9.59. The molecule has 3 aromatic carbocycles. The van der Waals surface area contributed by atoms with Crippen molar-refractivity contribution in [2.24, 2.45) is 11.3 Å². The number of nitrogens with one attached hydrogen (secondary N) is 3. The molecule has 18 heteroatoms. The number of amides is 1. The molecule has 16 nitrogen and oxygen atoms in total. The van der Waals surface area contributed by atoms with Crippen molar-refractivity contribution in [1.29, 1.82) is 0 Å². The van der Waals surface area contributed by atoms with E-state index in [0.717, 1.165) is 69.3 Å². The van der Waals surface area contributed by atoms with Crippen molar-refractivity contribution in [3.8, 4) is 23.1 Å². The van der Waals surface area contributed by atoms with Gasteiger partial charge in [-0.25, -0.2) is 17.5 Å². The highest BCUT2D eigenvalue weighted by Crippen LogP contribution is 2.54. The molecule has 0 bridgehead atoms. The zero-order valence-electron chi connectivity index (χ0n) is 39.4. The summed E-state index contributed by atoms with van der Waals surface area (Å²) < 4.78 is 62.9. The Bertz CT molecular complexity index is 2900. The third-order valence-electron chi connectivity index (χ3n) is 15.7. The van der Waals surface area contributed by atoms with Gasteiger partial charge in [0.1, 0.15) is 23.8 Å². The van der Waals surface area contributed by atoms with E-state index in [2.05, 4.69) is 67.9 Å². The number of methoxy groups -OCH3 is 1. The van der Waals surface area contributed by atoms with E-state index in [-0.39, 0.29) is 69.4 Å². The molecule has 69 heavy (non-hydrogen) atoms. The van der Waals surface area contributed by atoms with Gasteiger partial charge in [0.05, 0.1) is 39.5 Å². The molecular weight excluding hydrogens is 906 g/mol. The number of halogens is 1. The number of aliphatic hydroxyl groups is 1. The molecule has 1 spiro atoms. The first-order valence-corrected chi connectivity index (χ1v) is 25.6. The van der Waals surface area contributed by atoms with E-state index in [4.69, 9.17) is 14.2 Å². The number of pyridine rings is 1. The molecule has 5 heterocycles. The predicted octanol–water partition coefficient (Wildman–Crippen LogP) is 9.35. The minimum absolute atomic E-state index is 0.00584. The van der Waals surface area contributed by atoms with Crippen molar-refractivity contribution in [2.75, 3.05) is 43.6 Å². The maximum atomic E-state index is 14.9. The van der Waals surface area contributed by atoms with Crippen LogP contribution in [-0.2, 0) is 10.0 Å². The maximum absolute atomic E-state index is 14.9. The first-order valence-electron chi connectivity index (χ1n) is 24.1. The van der Waals surface area contributed by atoms with E-state index in [1.165, 1.54) is 43.2 Å². The number of fused-ring (bicyclic) bond motifs is 2. The topological polar surface area (TPSA) is 201 Å². The van der Waals surface area contributed by atoms with Gasteiger partial charge >= 0.3 is 0 Å². The number of ether oxygens (including phenoxy) is 3. The van der Waals surface area contributed by atoms with E-state index >= 15 is 0 Å². The number of likely N-dealkylation sites (tertiary alicyclic amines) is 1. The molecule has 4 N–H and O–H groups in total. The fourth-order valence-electron chi connectivity index (χ4n) is 11.7. The Morgan fingerprint density at radius 2 is 1.78 bits per heavy atom. The molecule has 366 valence electrons. The van der Waals surface area contributed by atoms with Crippen molar-refractivity contribution in [2.45, 2.75) is 120 Å². The third kappa shape index (κ3) is 9.06. The average Bonchev–Trinajstić information content (AvgIpc) is 3.96. The molecule has 0 radical (unpaired) electrons. The van der Waals surface area contributed by atoms with E-state index in [1.807, 2.05) is 0 Å². The van der Waals surface area contributed by atoms with Gasteiger partial charge in [-0.2, -0.15) is 4.98 Å². The number of benzene rings is 3. The Hall–Kier alpha value is -5.98. The van der Waals surface area contributed by atoms with Crippen LogP contribution >= 0.6 is 0 Å². The highest BCUT2D eigenvalue weighted by Gasteiger charge is 2.50. The summed E-state index contributed by atoms with van der Waals surface area (Å²) in [6.45, 7) is 9.09. The number of hydrogen-bond acceptors (Lipinski definition) is 13. The number of aromatic nitrogens is 2. The van der Waals surface area contributed by atoms with Gasteiger partial charge in [0.2, 0.25) is 0 Å². The number of carbonyl (C=O) groups is 1. The monoisotopic (exact) mass is 965 g/mol. The van der Waals surface area contributed by atoms with Crippen LogP contribution in [0.5, 0.6) is 23.1 Å². The van der Waals surface area contributed by atoms with Gasteiger partial charge in [0, 0.05) is 61.3 Å². The molecule has 5 aromatic rings. The van der Waals surface area contributed by atoms with E-state index in [1.54, 1.807) is 19.1 Å². The molecule has 2 saturated carbocycles. The first-order chi connectivity index (χ1) is 33.0. The minimum atomic E-state index is -4.75. The molecule has 3 aliphatic heterocycles. The van der Waals surface area contributed by atoms with Crippen molar-refractivity contribution >= 4 is 44.0 Å². The number of nitrogens with zero attached hydrogens (tertiary/aromatic N) is 4. The van der Waals surface area contributed by atoms with Gasteiger partial charge in [0.25, 0.3) is 27.5 Å². The van der Waals surface area contributed by atoms with Crippen LogP contribution in [0, 0.1) is 27.3 Å². The summed E-state index contributed by atoms with van der Waals surface area (Å²) in [5.41, 5.74) is 2.68. The Labute approximate surface area is 401 Å². The lowest BCUT2D eigenvalue weighted by molar-refractivity contribution is -0.384. The lowest BCUT2D eigenvalue weighted by Crippen LogP contribution is -2.54. The summed E-state index contributed by atoms with van der Waals surface area (Å²) in [6.07, 6.45) is 10.3. The van der Waals surface area contributed by atoms with Gasteiger partial charge in [-0.1, -0.05) is 38.1 Å². The highest BCUT2D eigenvalue weighted by molar-refractivity contribution is 7.90. The van der Waals surface area contributed by atoms with Crippen LogP contribution in [0.3, 0.4) is 0 Å². The fourth-order valence-corrected chi connectivity index (χ4v) is 12.7. The Balaban J connectivity index is 0.883. The minimum Gasteiger partial charge on any atom is -0.489 e. The molecule has 5 aliphatic rings. The van der Waals surface area contributed by atoms with Crippen LogP contribution < -0.4 is 29.1 Å². The maximum Gasteiger partial charge on any atom is 0.297 e. The third-order valence-corrected chi connectivity index (χ3v) is 17.0. The van der Waals surface area contributed by atoms with Gasteiger partial charge in [-0.3, -0.25) is 19.8 Å². The number of piperidine rings is 1. The second-order valence-corrected chi connectivity index (χ2v) is 22.1. The predicted molar refractivity (Wildman–Crippen MR) is 258 cm³/mol. The van der Waals surface area contributed by atoms with E-state index in [9.17, 15) is 32.8 Å². The summed E-state index contributed by atoms with van der Waals surface area (Å²) >= 11 is 0. The highest BCUT2D eigenvalue weighted by atomic mass is 32.2. The molecule has 2 saturated heterocycles. The molecule has 0 unspecified atom stereocenters. The summed E-state index contributed by atoms with van der Waals surface area (Å²) in [5, 5.41) is 26.2. The van der Waals surface area contributed by atoms with Crippen LogP contribution in [0.1, 0.15) is 118 Å². The van der Waals surface area contributed by atoms with Gasteiger partial charge < -0.3 is 34.5 Å². The number of nitro groups is 1. The molecule has 2 aromatic heterocycles. The zero-order chi connectivity index (χ0) is 48.4. The number of rotatable bonds is 12. The van der Waals surface area contributed by atoms with Crippen LogP contribution in [0.4, 0.5) is 21.5 Å². The summed E-state index contributed by atoms with van der Waals surface area (Å²) in [7, 11) is -3.38. The summed E-state index contributed by atoms with van der Waals surface area (Å²) in [6, 6.07) is 17.9. The number of carbonyl (C=O) groups excluding carboxylic acids is 1. The molecule has 1 amide bonds.